The van der Waals surface area contributed by atoms with Gasteiger partial charge in [-0.3, -0.25) is 4.79 Å². The van der Waals surface area contributed by atoms with Gasteiger partial charge in [0.15, 0.2) is 0 Å². The van der Waals surface area contributed by atoms with Gasteiger partial charge in [-0.05, 0) is 74.7 Å². The number of nitrogens with zero attached hydrogens (tertiary/aromatic N) is 2. The van der Waals surface area contributed by atoms with Gasteiger partial charge in [0, 0.05) is 37.7 Å². The third-order valence-electron chi connectivity index (χ3n) is 5.72. The molecule has 2 fully saturated rings. The fourth-order valence-corrected chi connectivity index (χ4v) is 4.50. The zero-order valence-corrected chi connectivity index (χ0v) is 16.3. The van der Waals surface area contributed by atoms with Gasteiger partial charge in [0.25, 0.3) is 0 Å². The number of halogens is 1. The molecular weight excluding hydrogens is 348 g/mol. The van der Waals surface area contributed by atoms with E-state index in [1.807, 2.05) is 29.2 Å². The summed E-state index contributed by atoms with van der Waals surface area (Å²) < 4.78 is 0. The summed E-state index contributed by atoms with van der Waals surface area (Å²) in [6, 6.07) is 7.86. The number of carbonyl (C=O) groups excluding carboxylic acids is 1. The van der Waals surface area contributed by atoms with E-state index in [0.29, 0.717) is 18.9 Å². The Balaban J connectivity index is 1.47. The molecule has 2 atom stereocenters. The Morgan fingerprint density at radius 3 is 2.50 bits per heavy atom. The molecule has 1 aromatic carbocycles. The van der Waals surface area contributed by atoms with Crippen LogP contribution in [0.5, 0.6) is 0 Å². The lowest BCUT2D eigenvalue weighted by Crippen LogP contribution is -2.47. The molecule has 26 heavy (non-hydrogen) atoms. The van der Waals surface area contributed by atoms with Crippen molar-refractivity contribution in [2.75, 3.05) is 39.3 Å². The fourth-order valence-electron chi connectivity index (χ4n) is 4.37. The van der Waals surface area contributed by atoms with Crippen molar-refractivity contribution in [3.05, 3.63) is 34.9 Å². The first-order valence-corrected chi connectivity index (χ1v) is 10.4. The van der Waals surface area contributed by atoms with E-state index in [0.717, 1.165) is 37.4 Å². The molecular formula is C21H31ClN2O2. The summed E-state index contributed by atoms with van der Waals surface area (Å²) in [5.41, 5.74) is 1.22. The van der Waals surface area contributed by atoms with Gasteiger partial charge in [0.1, 0.15) is 0 Å². The normalized spacial score (nSPS) is 24.2. The number of rotatable bonds is 7. The maximum Gasteiger partial charge on any atom is 0.222 e. The van der Waals surface area contributed by atoms with Crippen molar-refractivity contribution < 1.29 is 9.90 Å². The third kappa shape index (κ3) is 5.70. The van der Waals surface area contributed by atoms with E-state index in [2.05, 4.69) is 4.90 Å². The summed E-state index contributed by atoms with van der Waals surface area (Å²) in [4.78, 5) is 17.2. The maximum absolute atomic E-state index is 12.7. The molecule has 2 heterocycles. The minimum Gasteiger partial charge on any atom is -0.396 e. The summed E-state index contributed by atoms with van der Waals surface area (Å²) in [6.45, 7) is 5.21. The highest BCUT2D eigenvalue weighted by Gasteiger charge is 2.30. The average Bonchev–Trinajstić information content (AvgIpc) is 3.16. The van der Waals surface area contributed by atoms with E-state index < -0.39 is 0 Å². The van der Waals surface area contributed by atoms with E-state index in [4.69, 9.17) is 11.6 Å². The second-order valence-electron chi connectivity index (χ2n) is 7.94. The smallest absolute Gasteiger partial charge is 0.222 e. The highest BCUT2D eigenvalue weighted by molar-refractivity contribution is 6.30. The number of aryl methyl sites for hydroxylation is 1. The minimum absolute atomic E-state index is 0.186. The van der Waals surface area contributed by atoms with Gasteiger partial charge >= 0.3 is 0 Å². The van der Waals surface area contributed by atoms with Gasteiger partial charge in [-0.2, -0.15) is 0 Å². The van der Waals surface area contributed by atoms with Crippen LogP contribution in [0.1, 0.15) is 37.7 Å². The lowest BCUT2D eigenvalue weighted by molar-refractivity contribution is -0.134. The molecule has 2 aliphatic rings. The Kier molecular flexibility index (Phi) is 7.35. The van der Waals surface area contributed by atoms with Crippen molar-refractivity contribution >= 4 is 17.5 Å². The summed E-state index contributed by atoms with van der Waals surface area (Å²) >= 11 is 5.91. The van der Waals surface area contributed by atoms with Gasteiger partial charge in [-0.1, -0.05) is 23.7 Å². The molecule has 1 aromatic rings. The van der Waals surface area contributed by atoms with Crippen LogP contribution in [0, 0.1) is 11.8 Å². The van der Waals surface area contributed by atoms with E-state index in [1.54, 1.807) is 0 Å². The molecule has 2 saturated heterocycles. The van der Waals surface area contributed by atoms with Crippen molar-refractivity contribution in [2.24, 2.45) is 11.8 Å². The van der Waals surface area contributed by atoms with Crippen molar-refractivity contribution in [2.45, 2.75) is 38.5 Å². The molecule has 1 N–H and O–H groups in total. The lowest BCUT2D eigenvalue weighted by atomic mass is 9.89. The number of piperidine rings is 1. The highest BCUT2D eigenvalue weighted by atomic mass is 35.5. The number of likely N-dealkylation sites (tertiary alicyclic amines) is 2. The molecule has 2 aliphatic heterocycles. The summed E-state index contributed by atoms with van der Waals surface area (Å²) in [5, 5.41) is 10.4. The number of aliphatic hydroxyl groups is 1. The topological polar surface area (TPSA) is 43.8 Å². The van der Waals surface area contributed by atoms with Crippen LogP contribution in [0.2, 0.25) is 5.02 Å². The van der Waals surface area contributed by atoms with Gasteiger partial charge in [0.2, 0.25) is 5.91 Å². The van der Waals surface area contributed by atoms with Crippen LogP contribution in [0.4, 0.5) is 0 Å². The highest BCUT2D eigenvalue weighted by Crippen LogP contribution is 2.25. The molecule has 1 amide bonds. The number of carbonyl (C=O) groups is 1. The Morgan fingerprint density at radius 2 is 1.81 bits per heavy atom. The van der Waals surface area contributed by atoms with Crippen LogP contribution in [0.3, 0.4) is 0 Å². The van der Waals surface area contributed by atoms with Gasteiger partial charge in [-0.25, -0.2) is 0 Å². The van der Waals surface area contributed by atoms with Crippen LogP contribution in [0.25, 0.3) is 0 Å². The quantitative estimate of drug-likeness (QED) is 0.792. The molecule has 0 bridgehead atoms. The largest absolute Gasteiger partial charge is 0.396 e. The van der Waals surface area contributed by atoms with Gasteiger partial charge in [-0.15, -0.1) is 0 Å². The van der Waals surface area contributed by atoms with Crippen molar-refractivity contribution in [1.29, 1.82) is 0 Å². The SMILES string of the molecule is O=C(CCCc1ccc(Cl)cc1)N1C[C@H](CO)C[C@H](CN2CCCC2)C1. The summed E-state index contributed by atoms with van der Waals surface area (Å²) in [6.07, 6.45) is 5.97. The second-order valence-corrected chi connectivity index (χ2v) is 8.37. The average molecular weight is 379 g/mol. The van der Waals surface area contributed by atoms with Crippen LogP contribution in [-0.2, 0) is 11.2 Å². The predicted molar refractivity (Wildman–Crippen MR) is 105 cm³/mol. The molecule has 0 spiro atoms. The van der Waals surface area contributed by atoms with E-state index in [1.165, 1.54) is 31.5 Å². The molecule has 0 saturated carbocycles. The summed E-state index contributed by atoms with van der Waals surface area (Å²) in [5.74, 6) is 0.972. The van der Waals surface area contributed by atoms with Crippen molar-refractivity contribution in [3.8, 4) is 0 Å². The van der Waals surface area contributed by atoms with Crippen LogP contribution in [-0.4, -0.2) is 60.1 Å². The molecule has 4 nitrogen and oxygen atoms in total. The minimum atomic E-state index is 0.186. The van der Waals surface area contributed by atoms with E-state index >= 15 is 0 Å². The summed E-state index contributed by atoms with van der Waals surface area (Å²) in [7, 11) is 0. The first-order chi connectivity index (χ1) is 12.6. The Labute approximate surface area is 162 Å². The number of hydrogen-bond acceptors (Lipinski definition) is 3. The Hall–Kier alpha value is -1.10. The molecule has 0 radical (unpaired) electrons. The van der Waals surface area contributed by atoms with E-state index in [9.17, 15) is 9.90 Å². The first-order valence-electron chi connectivity index (χ1n) is 9.99. The van der Waals surface area contributed by atoms with Crippen LogP contribution in [0.15, 0.2) is 24.3 Å². The monoisotopic (exact) mass is 378 g/mol. The van der Waals surface area contributed by atoms with Crippen molar-refractivity contribution in [3.63, 3.8) is 0 Å². The number of benzene rings is 1. The fraction of sp³-hybridized carbons (Fsp3) is 0.667. The van der Waals surface area contributed by atoms with Crippen LogP contribution >= 0.6 is 11.6 Å². The molecule has 0 aliphatic carbocycles. The molecule has 3 rings (SSSR count). The second kappa shape index (κ2) is 9.72. The molecule has 144 valence electrons. The van der Waals surface area contributed by atoms with Gasteiger partial charge in [0.05, 0.1) is 0 Å². The Bertz CT molecular complexity index is 572. The maximum atomic E-state index is 12.7. The Morgan fingerprint density at radius 1 is 1.12 bits per heavy atom. The van der Waals surface area contributed by atoms with Crippen LogP contribution < -0.4 is 0 Å². The first kappa shape index (κ1) is 19.7. The standard InChI is InChI=1S/C21H31ClN2O2/c22-20-8-6-17(7-9-20)4-3-5-21(26)24-14-18(12-19(15-24)16-25)13-23-10-1-2-11-23/h6-9,18-19,25H,1-5,10-16H2/t18-,19-/m1/s1. The zero-order valence-electron chi connectivity index (χ0n) is 15.6. The molecule has 0 unspecified atom stereocenters. The van der Waals surface area contributed by atoms with Crippen molar-refractivity contribution in [1.82, 2.24) is 9.80 Å². The third-order valence-corrected chi connectivity index (χ3v) is 5.97. The number of aliphatic hydroxyl groups excluding tert-OH is 1. The zero-order chi connectivity index (χ0) is 18.4. The predicted octanol–water partition coefficient (Wildman–Crippen LogP) is 3.22. The molecule has 5 heteroatoms. The van der Waals surface area contributed by atoms with E-state index in [-0.39, 0.29) is 18.4 Å². The number of amides is 1. The lowest BCUT2D eigenvalue weighted by Gasteiger charge is -2.38. The number of hydrogen-bond donors (Lipinski definition) is 1. The molecule has 0 aromatic heterocycles. The van der Waals surface area contributed by atoms with Gasteiger partial charge < -0.3 is 14.9 Å².